The Morgan fingerprint density at radius 2 is 1.58 bits per heavy atom. The molecule has 164 valence electrons. The van der Waals surface area contributed by atoms with E-state index in [-0.39, 0.29) is 32.6 Å². The standard InChI is InChI=1S/C12H8BrF2NO3.C7H3BrF2O2/c1-2-18-12(17)10-11(19-5-16-10)6-3-9(15)7(13)4-8(6)14;8-4-2-5(9)3(7(11)12)1-6(4)10/h3-5H,2H2,1H3;1-2H,(H,11,12). The van der Waals surface area contributed by atoms with Gasteiger partial charge in [0.25, 0.3) is 0 Å². The Hall–Kier alpha value is -2.73. The number of benzene rings is 2. The molecular weight excluding hydrogens is 558 g/mol. The molecule has 6 nitrogen and oxygen atoms in total. The van der Waals surface area contributed by atoms with E-state index < -0.39 is 40.8 Å². The van der Waals surface area contributed by atoms with Gasteiger partial charge in [-0.15, -0.1) is 0 Å². The lowest BCUT2D eigenvalue weighted by atomic mass is 10.1. The van der Waals surface area contributed by atoms with Crippen molar-refractivity contribution >= 4 is 43.8 Å². The molecule has 12 heteroatoms. The van der Waals surface area contributed by atoms with Gasteiger partial charge in [-0.25, -0.2) is 32.1 Å². The van der Waals surface area contributed by atoms with E-state index in [1.54, 1.807) is 6.92 Å². The van der Waals surface area contributed by atoms with Crippen molar-refractivity contribution in [1.82, 2.24) is 4.98 Å². The predicted octanol–water partition coefficient (Wildman–Crippen LogP) is 5.98. The minimum atomic E-state index is -1.49. The van der Waals surface area contributed by atoms with Gasteiger partial charge in [-0.3, -0.25) is 0 Å². The highest BCUT2D eigenvalue weighted by atomic mass is 79.9. The van der Waals surface area contributed by atoms with Crippen LogP contribution in [0.2, 0.25) is 0 Å². The molecule has 3 rings (SSSR count). The van der Waals surface area contributed by atoms with Crippen LogP contribution >= 0.6 is 31.9 Å². The van der Waals surface area contributed by atoms with E-state index in [9.17, 15) is 27.2 Å². The van der Waals surface area contributed by atoms with Crippen LogP contribution in [0.3, 0.4) is 0 Å². The second-order valence-corrected chi connectivity index (χ2v) is 7.26. The number of aromatic nitrogens is 1. The molecule has 1 N–H and O–H groups in total. The molecule has 1 heterocycles. The van der Waals surface area contributed by atoms with Crippen molar-refractivity contribution in [1.29, 1.82) is 0 Å². The minimum absolute atomic E-state index is 0.0223. The summed E-state index contributed by atoms with van der Waals surface area (Å²) < 4.78 is 62.2. The lowest BCUT2D eigenvalue weighted by molar-refractivity contribution is 0.0520. The maximum absolute atomic E-state index is 13.8. The topological polar surface area (TPSA) is 89.6 Å². The number of halogens is 6. The van der Waals surface area contributed by atoms with E-state index in [1.165, 1.54) is 0 Å². The van der Waals surface area contributed by atoms with Gasteiger partial charge in [-0.1, -0.05) is 0 Å². The number of carboxylic acids is 1. The van der Waals surface area contributed by atoms with Crippen LogP contribution in [-0.2, 0) is 4.74 Å². The number of carbonyl (C=O) groups is 2. The van der Waals surface area contributed by atoms with E-state index in [1.807, 2.05) is 0 Å². The molecule has 0 aliphatic heterocycles. The van der Waals surface area contributed by atoms with E-state index in [0.717, 1.165) is 24.6 Å². The number of ether oxygens (including phenoxy) is 1. The summed E-state index contributed by atoms with van der Waals surface area (Å²) in [5.41, 5.74) is -1.06. The normalized spacial score (nSPS) is 10.3. The third kappa shape index (κ3) is 5.91. The van der Waals surface area contributed by atoms with Crippen LogP contribution < -0.4 is 0 Å². The number of carbonyl (C=O) groups excluding carboxylic acids is 1. The Morgan fingerprint density at radius 3 is 2.16 bits per heavy atom. The van der Waals surface area contributed by atoms with Crippen LogP contribution in [0.15, 0.2) is 44.0 Å². The molecule has 0 bridgehead atoms. The van der Waals surface area contributed by atoms with Crippen molar-refractivity contribution in [2.45, 2.75) is 6.92 Å². The van der Waals surface area contributed by atoms with Gasteiger partial charge in [0.1, 0.15) is 23.3 Å². The molecule has 0 saturated heterocycles. The third-order valence-corrected chi connectivity index (χ3v) is 4.75. The maximum atomic E-state index is 13.8. The maximum Gasteiger partial charge on any atom is 0.360 e. The molecule has 0 spiro atoms. The van der Waals surface area contributed by atoms with Gasteiger partial charge in [-0.2, -0.15) is 0 Å². The van der Waals surface area contributed by atoms with Crippen molar-refractivity contribution in [3.8, 4) is 11.3 Å². The molecule has 31 heavy (non-hydrogen) atoms. The molecule has 0 fully saturated rings. The van der Waals surface area contributed by atoms with Crippen molar-refractivity contribution < 1.29 is 41.4 Å². The Balaban J connectivity index is 0.000000245. The number of oxazole rings is 1. The first kappa shape index (κ1) is 24.5. The van der Waals surface area contributed by atoms with Gasteiger partial charge in [0, 0.05) is 0 Å². The lowest BCUT2D eigenvalue weighted by Crippen LogP contribution is -2.06. The first-order valence-corrected chi connectivity index (χ1v) is 9.78. The summed E-state index contributed by atoms with van der Waals surface area (Å²) in [6, 6.07) is 3.27. The smallest absolute Gasteiger partial charge is 0.360 e. The summed E-state index contributed by atoms with van der Waals surface area (Å²) in [7, 11) is 0. The van der Waals surface area contributed by atoms with E-state index in [4.69, 9.17) is 14.3 Å². The highest BCUT2D eigenvalue weighted by Crippen LogP contribution is 2.30. The number of nitrogens with zero attached hydrogens (tertiary/aromatic N) is 1. The first-order chi connectivity index (χ1) is 14.6. The van der Waals surface area contributed by atoms with Crippen molar-refractivity contribution in [2.75, 3.05) is 6.61 Å². The zero-order valence-electron chi connectivity index (χ0n) is 15.4. The van der Waals surface area contributed by atoms with E-state index in [2.05, 4.69) is 36.8 Å². The average Bonchev–Trinajstić information content (AvgIpc) is 3.17. The second-order valence-electron chi connectivity index (χ2n) is 5.55. The fourth-order valence-corrected chi connectivity index (χ4v) is 2.80. The Kier molecular flexibility index (Phi) is 8.34. The minimum Gasteiger partial charge on any atom is -0.478 e. The van der Waals surface area contributed by atoms with Crippen LogP contribution in [0, 0.1) is 23.3 Å². The number of hydrogen-bond donors (Lipinski definition) is 1. The SMILES string of the molecule is CCOC(=O)c1ncoc1-c1cc(F)c(Br)cc1F.O=C(O)c1cc(F)c(Br)cc1F. The summed E-state index contributed by atoms with van der Waals surface area (Å²) in [6.07, 6.45) is 0.973. The Labute approximate surface area is 189 Å². The molecule has 3 aromatic rings. The highest BCUT2D eigenvalue weighted by Gasteiger charge is 2.23. The van der Waals surface area contributed by atoms with Crippen LogP contribution in [0.5, 0.6) is 0 Å². The predicted molar refractivity (Wildman–Crippen MR) is 107 cm³/mol. The average molecular weight is 569 g/mol. The zero-order valence-corrected chi connectivity index (χ0v) is 18.6. The van der Waals surface area contributed by atoms with Crippen LogP contribution in [0.25, 0.3) is 11.3 Å². The number of hydrogen-bond acceptors (Lipinski definition) is 5. The van der Waals surface area contributed by atoms with Gasteiger partial charge in [-0.05, 0) is 63.0 Å². The largest absolute Gasteiger partial charge is 0.478 e. The number of rotatable bonds is 4. The van der Waals surface area contributed by atoms with Crippen molar-refractivity contribution in [3.05, 3.63) is 74.1 Å². The van der Waals surface area contributed by atoms with Gasteiger partial charge in [0.05, 0.1) is 26.7 Å². The third-order valence-electron chi connectivity index (χ3n) is 3.53. The fraction of sp³-hybridized carbons (Fsp3) is 0.105. The molecule has 0 amide bonds. The summed E-state index contributed by atoms with van der Waals surface area (Å²) in [5.74, 6) is -5.59. The summed E-state index contributed by atoms with van der Waals surface area (Å²) in [6.45, 7) is 1.76. The van der Waals surface area contributed by atoms with Crippen LogP contribution in [0.4, 0.5) is 17.6 Å². The molecule has 1 aromatic heterocycles. The van der Waals surface area contributed by atoms with E-state index >= 15 is 0 Å². The molecule has 0 unspecified atom stereocenters. The number of aromatic carboxylic acids is 1. The van der Waals surface area contributed by atoms with Gasteiger partial charge in [0.2, 0.25) is 0 Å². The van der Waals surface area contributed by atoms with Crippen molar-refractivity contribution in [3.63, 3.8) is 0 Å². The number of carboxylic acid groups (broad SMARTS) is 1. The van der Waals surface area contributed by atoms with E-state index in [0.29, 0.717) is 6.07 Å². The fourth-order valence-electron chi connectivity index (χ4n) is 2.17. The van der Waals surface area contributed by atoms with Crippen LogP contribution in [0.1, 0.15) is 27.8 Å². The molecule has 0 atom stereocenters. The van der Waals surface area contributed by atoms with Gasteiger partial charge in [0.15, 0.2) is 17.8 Å². The molecule has 0 aliphatic rings. The zero-order chi connectivity index (χ0) is 23.3. The molecular formula is C19H11Br2F4NO5. The Morgan fingerprint density at radius 1 is 1.00 bits per heavy atom. The molecule has 2 aromatic carbocycles. The first-order valence-electron chi connectivity index (χ1n) is 8.20. The quantitative estimate of drug-likeness (QED) is 0.236. The highest BCUT2D eigenvalue weighted by molar-refractivity contribution is 9.10. The second kappa shape index (κ2) is 10.5. The summed E-state index contributed by atoms with van der Waals surface area (Å²) in [5, 5.41) is 8.36. The van der Waals surface area contributed by atoms with Gasteiger partial charge >= 0.3 is 11.9 Å². The lowest BCUT2D eigenvalue weighted by Gasteiger charge is -2.04. The monoisotopic (exact) mass is 567 g/mol. The van der Waals surface area contributed by atoms with Crippen molar-refractivity contribution in [2.24, 2.45) is 0 Å². The number of esters is 1. The summed E-state index contributed by atoms with van der Waals surface area (Å²) in [4.78, 5) is 25.5. The Bertz CT molecular complexity index is 1140. The molecule has 0 aliphatic carbocycles. The molecule has 0 radical (unpaired) electrons. The summed E-state index contributed by atoms with van der Waals surface area (Å²) >= 11 is 5.58. The van der Waals surface area contributed by atoms with Gasteiger partial charge < -0.3 is 14.3 Å². The van der Waals surface area contributed by atoms with Crippen LogP contribution in [-0.4, -0.2) is 28.6 Å². The molecule has 0 saturated carbocycles.